The number of hydrogen-bond acceptors (Lipinski definition) is 1. The maximum absolute atomic E-state index is 6.56. The second-order valence-electron chi connectivity index (χ2n) is 8.10. The Kier molecular flexibility index (Phi) is 9.43. The summed E-state index contributed by atoms with van der Waals surface area (Å²) < 4.78 is 6.56. The van der Waals surface area contributed by atoms with Gasteiger partial charge in [-0.15, -0.1) is 0 Å². The Hall–Kier alpha value is -0.980. The molecule has 0 radical (unpaired) electrons. The SMILES string of the molecule is CCCCCc1ccc(OC(CCCCC)C2CCCCC2)cc1C. The molecule has 1 aliphatic rings. The smallest absolute Gasteiger partial charge is 0.120 e. The monoisotopic (exact) mass is 344 g/mol. The first-order valence-corrected chi connectivity index (χ1v) is 11.0. The molecule has 25 heavy (non-hydrogen) atoms. The van der Waals surface area contributed by atoms with E-state index in [1.807, 2.05) is 0 Å². The molecule has 1 unspecified atom stereocenters. The second kappa shape index (κ2) is 11.6. The summed E-state index contributed by atoms with van der Waals surface area (Å²) in [6.45, 7) is 6.81. The average molecular weight is 345 g/mol. The van der Waals surface area contributed by atoms with Crippen LogP contribution in [0.5, 0.6) is 5.75 Å². The van der Waals surface area contributed by atoms with Crippen molar-refractivity contribution in [2.45, 2.75) is 110 Å². The zero-order valence-electron chi connectivity index (χ0n) is 17.0. The summed E-state index contributed by atoms with van der Waals surface area (Å²) in [6, 6.07) is 6.82. The topological polar surface area (TPSA) is 9.23 Å². The van der Waals surface area contributed by atoms with Gasteiger partial charge in [0.25, 0.3) is 0 Å². The van der Waals surface area contributed by atoms with Crippen LogP contribution in [-0.4, -0.2) is 6.10 Å². The third-order valence-electron chi connectivity index (χ3n) is 5.92. The highest BCUT2D eigenvalue weighted by Gasteiger charge is 2.25. The highest BCUT2D eigenvalue weighted by atomic mass is 16.5. The fraction of sp³-hybridized carbons (Fsp3) is 0.750. The van der Waals surface area contributed by atoms with Crippen molar-refractivity contribution in [3.63, 3.8) is 0 Å². The van der Waals surface area contributed by atoms with Crippen molar-refractivity contribution < 1.29 is 4.74 Å². The van der Waals surface area contributed by atoms with Crippen molar-refractivity contribution in [3.8, 4) is 5.75 Å². The lowest BCUT2D eigenvalue weighted by Gasteiger charge is -2.31. The summed E-state index contributed by atoms with van der Waals surface area (Å²) >= 11 is 0. The zero-order valence-corrected chi connectivity index (χ0v) is 17.0. The van der Waals surface area contributed by atoms with Crippen molar-refractivity contribution in [2.75, 3.05) is 0 Å². The first kappa shape index (κ1) is 20.3. The van der Waals surface area contributed by atoms with Gasteiger partial charge in [-0.05, 0) is 74.6 Å². The summed E-state index contributed by atoms with van der Waals surface area (Å²) in [7, 11) is 0. The molecule has 1 saturated carbocycles. The van der Waals surface area contributed by atoms with Gasteiger partial charge in [-0.2, -0.15) is 0 Å². The van der Waals surface area contributed by atoms with E-state index in [1.54, 1.807) is 0 Å². The first-order valence-electron chi connectivity index (χ1n) is 11.0. The third kappa shape index (κ3) is 7.04. The van der Waals surface area contributed by atoms with Gasteiger partial charge in [0.15, 0.2) is 0 Å². The van der Waals surface area contributed by atoms with Crippen LogP contribution >= 0.6 is 0 Å². The molecule has 142 valence electrons. The van der Waals surface area contributed by atoms with Gasteiger partial charge >= 0.3 is 0 Å². The van der Waals surface area contributed by atoms with Crippen LogP contribution in [0.15, 0.2) is 18.2 Å². The minimum Gasteiger partial charge on any atom is -0.490 e. The Bertz CT molecular complexity index is 473. The van der Waals surface area contributed by atoms with E-state index in [0.717, 1.165) is 11.7 Å². The molecule has 1 nitrogen and oxygen atoms in total. The summed E-state index contributed by atoms with van der Waals surface area (Å²) in [5.41, 5.74) is 2.91. The van der Waals surface area contributed by atoms with E-state index in [-0.39, 0.29) is 0 Å². The number of unbranched alkanes of at least 4 members (excludes halogenated alkanes) is 4. The van der Waals surface area contributed by atoms with Crippen molar-refractivity contribution in [1.29, 1.82) is 0 Å². The Labute approximate surface area is 156 Å². The van der Waals surface area contributed by atoms with Crippen LogP contribution in [0.1, 0.15) is 102 Å². The Morgan fingerprint density at radius 1 is 0.960 bits per heavy atom. The van der Waals surface area contributed by atoms with Gasteiger partial charge in [0, 0.05) is 0 Å². The van der Waals surface area contributed by atoms with Crippen molar-refractivity contribution >= 4 is 0 Å². The van der Waals surface area contributed by atoms with Gasteiger partial charge in [-0.25, -0.2) is 0 Å². The number of benzene rings is 1. The molecule has 1 heteroatoms. The number of aryl methyl sites for hydroxylation is 2. The van der Waals surface area contributed by atoms with Gasteiger partial charge in [-0.3, -0.25) is 0 Å². The molecule has 0 amide bonds. The molecule has 2 rings (SSSR count). The predicted molar refractivity (Wildman–Crippen MR) is 110 cm³/mol. The van der Waals surface area contributed by atoms with Crippen molar-refractivity contribution in [1.82, 2.24) is 0 Å². The molecule has 0 aliphatic heterocycles. The predicted octanol–water partition coefficient (Wildman–Crippen LogP) is 7.64. The van der Waals surface area contributed by atoms with E-state index in [2.05, 4.69) is 39.0 Å². The molecule has 0 heterocycles. The first-order chi connectivity index (χ1) is 12.2. The molecule has 1 aliphatic carbocycles. The zero-order chi connectivity index (χ0) is 17.9. The summed E-state index contributed by atoms with van der Waals surface area (Å²) in [5.74, 6) is 1.87. The van der Waals surface area contributed by atoms with E-state index in [1.165, 1.54) is 94.6 Å². The normalized spacial score (nSPS) is 16.8. The molecular weight excluding hydrogens is 304 g/mol. The van der Waals surface area contributed by atoms with Crippen LogP contribution in [0.2, 0.25) is 0 Å². The number of rotatable bonds is 11. The van der Waals surface area contributed by atoms with E-state index in [4.69, 9.17) is 4.74 Å². The Morgan fingerprint density at radius 2 is 1.68 bits per heavy atom. The van der Waals surface area contributed by atoms with Crippen LogP contribution < -0.4 is 4.74 Å². The van der Waals surface area contributed by atoms with Gasteiger partial charge in [0.2, 0.25) is 0 Å². The molecular formula is C24H40O. The highest BCUT2D eigenvalue weighted by Crippen LogP contribution is 2.32. The van der Waals surface area contributed by atoms with Gasteiger partial charge in [0.05, 0.1) is 0 Å². The summed E-state index contributed by atoms with van der Waals surface area (Å²) in [4.78, 5) is 0. The molecule has 1 fully saturated rings. The number of hydrogen-bond donors (Lipinski definition) is 0. The lowest BCUT2D eigenvalue weighted by Crippen LogP contribution is -2.29. The van der Waals surface area contributed by atoms with Gasteiger partial charge < -0.3 is 4.74 Å². The van der Waals surface area contributed by atoms with Crippen molar-refractivity contribution in [2.24, 2.45) is 5.92 Å². The van der Waals surface area contributed by atoms with Crippen LogP contribution in [-0.2, 0) is 6.42 Å². The Balaban J connectivity index is 1.97. The van der Waals surface area contributed by atoms with Crippen LogP contribution in [0.25, 0.3) is 0 Å². The van der Waals surface area contributed by atoms with Crippen LogP contribution in [0.4, 0.5) is 0 Å². The highest BCUT2D eigenvalue weighted by molar-refractivity contribution is 5.35. The van der Waals surface area contributed by atoms with Gasteiger partial charge in [-0.1, -0.05) is 64.9 Å². The quantitative estimate of drug-likeness (QED) is 0.375. The minimum absolute atomic E-state index is 0.428. The second-order valence-corrected chi connectivity index (χ2v) is 8.10. The lowest BCUT2D eigenvalue weighted by atomic mass is 9.83. The molecule has 0 saturated heterocycles. The molecule has 1 aromatic carbocycles. The van der Waals surface area contributed by atoms with E-state index in [9.17, 15) is 0 Å². The standard InChI is InChI=1S/C24H40O/c1-4-6-9-13-21-17-18-23(19-20(21)3)25-24(16-10-7-5-2)22-14-11-8-12-15-22/h17-19,22,24H,4-16H2,1-3H3. The van der Waals surface area contributed by atoms with Crippen molar-refractivity contribution in [3.05, 3.63) is 29.3 Å². The van der Waals surface area contributed by atoms with E-state index in [0.29, 0.717) is 6.10 Å². The number of ether oxygens (including phenoxy) is 1. The molecule has 1 aromatic rings. The molecule has 0 aromatic heterocycles. The van der Waals surface area contributed by atoms with Crippen LogP contribution in [0.3, 0.4) is 0 Å². The minimum atomic E-state index is 0.428. The maximum atomic E-state index is 6.56. The van der Waals surface area contributed by atoms with Gasteiger partial charge in [0.1, 0.15) is 11.9 Å². The third-order valence-corrected chi connectivity index (χ3v) is 5.92. The molecule has 0 bridgehead atoms. The summed E-state index contributed by atoms with van der Waals surface area (Å²) in [6.07, 6.45) is 17.7. The van der Waals surface area contributed by atoms with E-state index >= 15 is 0 Å². The lowest BCUT2D eigenvalue weighted by molar-refractivity contribution is 0.0970. The largest absolute Gasteiger partial charge is 0.490 e. The van der Waals surface area contributed by atoms with Crippen LogP contribution in [0, 0.1) is 12.8 Å². The fourth-order valence-corrected chi connectivity index (χ4v) is 4.25. The Morgan fingerprint density at radius 3 is 2.36 bits per heavy atom. The summed E-state index contributed by atoms with van der Waals surface area (Å²) in [5, 5.41) is 0. The molecule has 1 atom stereocenters. The molecule has 0 spiro atoms. The fourth-order valence-electron chi connectivity index (χ4n) is 4.25. The molecule has 0 N–H and O–H groups in total. The average Bonchev–Trinajstić information content (AvgIpc) is 2.64. The maximum Gasteiger partial charge on any atom is 0.120 e. The van der Waals surface area contributed by atoms with E-state index < -0.39 is 0 Å².